The molecule has 0 radical (unpaired) electrons. The lowest BCUT2D eigenvalue weighted by molar-refractivity contribution is -0.387. The molecule has 4 nitrogen and oxygen atoms in total. The second kappa shape index (κ2) is 8.79. The van der Waals surface area contributed by atoms with Crippen LogP contribution in [-0.4, -0.2) is 15.6 Å². The molecule has 0 saturated heterocycles. The topological polar surface area (TPSA) is 55.2 Å². The summed E-state index contributed by atoms with van der Waals surface area (Å²) in [7, 11) is 0. The smallest absolute Gasteiger partial charge is 0.282 e. The van der Waals surface area contributed by atoms with Crippen LogP contribution in [0, 0.1) is 16.0 Å². The number of nitrogens with zero attached hydrogens (tertiary/aromatic N) is 1. The number of alkyl halides is 1. The van der Waals surface area contributed by atoms with Crippen molar-refractivity contribution in [1.29, 1.82) is 0 Å². The van der Waals surface area contributed by atoms with Crippen LogP contribution in [0.3, 0.4) is 0 Å². The summed E-state index contributed by atoms with van der Waals surface area (Å²) in [6, 6.07) is 20.8. The summed E-state index contributed by atoms with van der Waals surface area (Å²) in [6.45, 7) is 0. The van der Waals surface area contributed by atoms with Crippen molar-refractivity contribution >= 4 is 57.9 Å². The van der Waals surface area contributed by atoms with Crippen molar-refractivity contribution in [3.05, 3.63) is 98.0 Å². The molecule has 3 aromatic carbocycles. The van der Waals surface area contributed by atoms with Gasteiger partial charge in [0.2, 0.25) is 0 Å². The first-order chi connectivity index (χ1) is 15.4. The van der Waals surface area contributed by atoms with E-state index in [0.717, 1.165) is 17.7 Å². The second-order valence-electron chi connectivity index (χ2n) is 8.14. The zero-order chi connectivity index (χ0) is 22.4. The van der Waals surface area contributed by atoms with Crippen LogP contribution in [0.1, 0.15) is 29.5 Å². The van der Waals surface area contributed by atoms with Crippen molar-refractivity contribution in [1.82, 2.24) is 0 Å². The van der Waals surface area contributed by atoms with E-state index in [9.17, 15) is 10.1 Å². The quantitative estimate of drug-likeness (QED) is 0.222. The van der Waals surface area contributed by atoms with Crippen molar-refractivity contribution in [2.75, 3.05) is 5.32 Å². The molecular weight excluding hydrogens is 487 g/mol. The number of thioether (sulfide) groups is 1. The average Bonchev–Trinajstić information content (AvgIpc) is 3.10. The first-order valence-electron chi connectivity index (χ1n) is 10.3. The maximum absolute atomic E-state index is 11.5. The first-order valence-corrected chi connectivity index (χ1v) is 12.4. The minimum atomic E-state index is -0.337. The highest BCUT2D eigenvalue weighted by Crippen LogP contribution is 2.59. The Morgan fingerprint density at radius 1 is 1.03 bits per heavy atom. The number of nitro groups is 1. The Balaban J connectivity index is 1.56. The normalized spacial score (nSPS) is 26.2. The lowest BCUT2D eigenvalue weighted by Crippen LogP contribution is -2.31. The van der Waals surface area contributed by atoms with Crippen LogP contribution in [0.15, 0.2) is 71.6 Å². The third-order valence-corrected chi connectivity index (χ3v) is 8.96. The number of nitro benzene ring substituents is 1. The molecule has 2 aliphatic rings. The molecule has 8 heteroatoms. The molecule has 0 aromatic heterocycles. The van der Waals surface area contributed by atoms with Gasteiger partial charge in [-0.2, -0.15) is 0 Å². The maximum atomic E-state index is 11.5. The number of halogens is 3. The summed E-state index contributed by atoms with van der Waals surface area (Å²) in [5.74, 6) is 0.219. The molecule has 32 heavy (non-hydrogen) atoms. The third kappa shape index (κ3) is 3.86. The van der Waals surface area contributed by atoms with Gasteiger partial charge >= 0.3 is 0 Å². The van der Waals surface area contributed by atoms with Gasteiger partial charge in [-0.05, 0) is 41.7 Å². The Labute approximate surface area is 205 Å². The lowest BCUT2D eigenvalue weighted by Gasteiger charge is -2.39. The number of benzene rings is 3. The van der Waals surface area contributed by atoms with Crippen LogP contribution in [-0.2, 0) is 0 Å². The van der Waals surface area contributed by atoms with E-state index in [1.165, 1.54) is 23.4 Å². The van der Waals surface area contributed by atoms with Gasteiger partial charge in [0.05, 0.1) is 31.9 Å². The summed E-state index contributed by atoms with van der Waals surface area (Å²) in [4.78, 5) is 11.8. The van der Waals surface area contributed by atoms with Crippen LogP contribution in [0.25, 0.3) is 0 Å². The Bertz CT molecular complexity index is 1180. The van der Waals surface area contributed by atoms with Gasteiger partial charge in [-0.1, -0.05) is 65.7 Å². The fourth-order valence-corrected chi connectivity index (χ4v) is 7.51. The number of rotatable bonds is 4. The van der Waals surface area contributed by atoms with Gasteiger partial charge in [-0.3, -0.25) is 10.1 Å². The first kappa shape index (κ1) is 21.9. The number of fused-ring (bicyclic) bond motifs is 3. The van der Waals surface area contributed by atoms with E-state index in [1.54, 1.807) is 18.2 Å². The van der Waals surface area contributed by atoms with E-state index in [-0.39, 0.29) is 39.1 Å². The van der Waals surface area contributed by atoms with Gasteiger partial charge < -0.3 is 5.32 Å². The summed E-state index contributed by atoms with van der Waals surface area (Å²) in [6.07, 6.45) is 0.811. The van der Waals surface area contributed by atoms with Crippen molar-refractivity contribution in [3.8, 4) is 0 Å². The van der Waals surface area contributed by atoms with Crippen molar-refractivity contribution < 1.29 is 4.92 Å². The molecular formula is C24H19Cl3N2O2S. The molecule has 164 valence electrons. The van der Waals surface area contributed by atoms with Gasteiger partial charge in [-0.15, -0.1) is 23.4 Å². The molecule has 1 N–H and O–H groups in total. The van der Waals surface area contributed by atoms with Crippen molar-refractivity contribution in [2.24, 2.45) is 5.92 Å². The molecule has 5 atom stereocenters. The minimum Gasteiger partial charge on any atom is -0.376 e. The predicted molar refractivity (Wildman–Crippen MR) is 132 cm³/mol. The van der Waals surface area contributed by atoms with Crippen molar-refractivity contribution in [3.63, 3.8) is 0 Å². The Kier molecular flexibility index (Phi) is 6.01. The molecule has 1 saturated carbocycles. The molecule has 1 aliphatic carbocycles. The van der Waals surface area contributed by atoms with Gasteiger partial charge in [0, 0.05) is 22.3 Å². The van der Waals surface area contributed by atoms with E-state index < -0.39 is 0 Å². The standard InChI is InChI=1S/C24H19Cl3N2O2S/c25-14-10-15-21-16(23(13-6-2-1-3-7-13)28-24(15)17(26)11-14)12-20(22(21)27)32-19-9-5-4-8-18(19)29(30)31/h1-11,16,20-23,28H,12H2/t16-,20+,21-,22-,23-/m0/s1. The van der Waals surface area contributed by atoms with Gasteiger partial charge in [-0.25, -0.2) is 0 Å². The fraction of sp³-hybridized carbons (Fsp3) is 0.250. The molecule has 1 heterocycles. The monoisotopic (exact) mass is 504 g/mol. The molecule has 0 bridgehead atoms. The zero-order valence-electron chi connectivity index (χ0n) is 16.8. The molecule has 0 spiro atoms. The van der Waals surface area contributed by atoms with Crippen LogP contribution in [0.5, 0.6) is 0 Å². The molecule has 0 unspecified atom stereocenters. The maximum Gasteiger partial charge on any atom is 0.282 e. The SMILES string of the molecule is O=[N+]([O-])c1ccccc1S[C@@H]1C[C@H]2[C@H](c3cc(Cl)cc(Cl)c3N[C@H]2c2ccccc2)[C@H]1Cl. The molecule has 5 rings (SSSR count). The lowest BCUT2D eigenvalue weighted by atomic mass is 9.77. The average molecular weight is 506 g/mol. The second-order valence-corrected chi connectivity index (χ2v) is 10.8. The molecule has 1 fully saturated rings. The van der Waals surface area contributed by atoms with Crippen LogP contribution in [0.4, 0.5) is 11.4 Å². The number of para-hydroxylation sites is 1. The number of anilines is 1. The summed E-state index contributed by atoms with van der Waals surface area (Å²) in [5, 5.41) is 16.1. The minimum absolute atomic E-state index is 0.00415. The summed E-state index contributed by atoms with van der Waals surface area (Å²) in [5.41, 5.74) is 3.17. The van der Waals surface area contributed by atoms with Crippen LogP contribution in [0.2, 0.25) is 10.0 Å². The summed E-state index contributed by atoms with van der Waals surface area (Å²) < 4.78 is 0. The van der Waals surface area contributed by atoms with Gasteiger partial charge in [0.1, 0.15) is 0 Å². The Hall–Kier alpha value is -1.92. The Morgan fingerprint density at radius 3 is 2.50 bits per heavy atom. The number of nitrogens with one attached hydrogen (secondary N) is 1. The summed E-state index contributed by atoms with van der Waals surface area (Å²) >= 11 is 21.6. The number of hydrogen-bond donors (Lipinski definition) is 1. The largest absolute Gasteiger partial charge is 0.376 e. The van der Waals surface area contributed by atoms with Crippen molar-refractivity contribution in [2.45, 2.75) is 33.9 Å². The van der Waals surface area contributed by atoms with E-state index in [0.29, 0.717) is 14.9 Å². The van der Waals surface area contributed by atoms with Crippen LogP contribution >= 0.6 is 46.6 Å². The van der Waals surface area contributed by atoms with E-state index in [4.69, 9.17) is 34.8 Å². The molecule has 0 amide bonds. The van der Waals surface area contributed by atoms with Gasteiger partial charge in [0.25, 0.3) is 5.69 Å². The van der Waals surface area contributed by atoms with E-state index in [2.05, 4.69) is 17.4 Å². The van der Waals surface area contributed by atoms with E-state index >= 15 is 0 Å². The fourth-order valence-electron chi connectivity index (χ4n) is 5.00. The number of hydrogen-bond acceptors (Lipinski definition) is 4. The highest BCUT2D eigenvalue weighted by Gasteiger charge is 2.50. The third-order valence-electron chi connectivity index (χ3n) is 6.34. The van der Waals surface area contributed by atoms with Gasteiger partial charge in [0.15, 0.2) is 0 Å². The molecule has 1 aliphatic heterocycles. The Morgan fingerprint density at radius 2 is 1.75 bits per heavy atom. The highest BCUT2D eigenvalue weighted by atomic mass is 35.5. The molecule has 3 aromatic rings. The zero-order valence-corrected chi connectivity index (χ0v) is 19.8. The van der Waals surface area contributed by atoms with Crippen LogP contribution < -0.4 is 5.32 Å². The van der Waals surface area contributed by atoms with E-state index in [1.807, 2.05) is 30.3 Å². The predicted octanol–water partition coefficient (Wildman–Crippen LogP) is 7.94. The highest BCUT2D eigenvalue weighted by molar-refractivity contribution is 8.00.